The molecule has 0 aliphatic rings. The monoisotopic (exact) mass is 404 g/mol. The van der Waals surface area contributed by atoms with E-state index in [1.807, 2.05) is 26.0 Å². The molecule has 5 heteroatoms. The predicted molar refractivity (Wildman–Crippen MR) is 108 cm³/mol. The topological polar surface area (TPSA) is 41.6 Å². The zero-order valence-electron chi connectivity index (χ0n) is 15.2. The van der Waals surface area contributed by atoms with E-state index in [0.717, 1.165) is 34.6 Å². The number of benzene rings is 2. The van der Waals surface area contributed by atoms with Gasteiger partial charge in [0.05, 0.1) is 11.1 Å². The van der Waals surface area contributed by atoms with E-state index in [1.54, 1.807) is 18.2 Å². The minimum atomic E-state index is -0.137. The molecule has 0 heterocycles. The first kappa shape index (κ1) is 19.3. The molecule has 25 heavy (non-hydrogen) atoms. The highest BCUT2D eigenvalue weighted by atomic mass is 79.9. The average molecular weight is 405 g/mol. The smallest absolute Gasteiger partial charge is 0.255 e. The van der Waals surface area contributed by atoms with Crippen LogP contribution in [0.4, 0.5) is 11.4 Å². The summed E-state index contributed by atoms with van der Waals surface area (Å²) in [5.74, 6) is 0.598. The Morgan fingerprint density at radius 1 is 1.12 bits per heavy atom. The highest BCUT2D eigenvalue weighted by molar-refractivity contribution is 9.10. The predicted octanol–water partition coefficient (Wildman–Crippen LogP) is 5.25. The molecule has 0 atom stereocenters. The lowest BCUT2D eigenvalue weighted by atomic mass is 10.1. The zero-order chi connectivity index (χ0) is 18.4. The number of carbonyl (C=O) groups is 1. The highest BCUT2D eigenvalue weighted by Gasteiger charge is 2.12. The summed E-state index contributed by atoms with van der Waals surface area (Å²) in [4.78, 5) is 14.8. The summed E-state index contributed by atoms with van der Waals surface area (Å²) in [5, 5.41) is 2.99. The van der Waals surface area contributed by atoms with Gasteiger partial charge in [-0.3, -0.25) is 4.79 Å². The second kappa shape index (κ2) is 8.90. The summed E-state index contributed by atoms with van der Waals surface area (Å²) in [7, 11) is 0. The van der Waals surface area contributed by atoms with Crippen LogP contribution in [0.2, 0.25) is 0 Å². The molecule has 0 aromatic heterocycles. The van der Waals surface area contributed by atoms with Crippen molar-refractivity contribution in [2.45, 2.75) is 27.7 Å². The van der Waals surface area contributed by atoms with Crippen LogP contribution >= 0.6 is 15.9 Å². The Balaban J connectivity index is 2.16. The van der Waals surface area contributed by atoms with Crippen molar-refractivity contribution in [1.29, 1.82) is 0 Å². The van der Waals surface area contributed by atoms with Crippen molar-refractivity contribution in [1.82, 2.24) is 0 Å². The lowest BCUT2D eigenvalue weighted by Gasteiger charge is -2.22. The SMILES string of the molecule is CCOc1ccc(C(=O)Nc2ccc(N(CC)CC)cc2C)cc1Br. The van der Waals surface area contributed by atoms with E-state index in [0.29, 0.717) is 12.2 Å². The number of anilines is 2. The van der Waals surface area contributed by atoms with Crippen LogP contribution in [0.25, 0.3) is 0 Å². The fourth-order valence-corrected chi connectivity index (χ4v) is 3.18. The standard InChI is InChI=1S/C20H25BrN2O2/c1-5-23(6-2)16-9-10-18(14(4)12-16)22-20(24)15-8-11-19(25-7-3)17(21)13-15/h8-13H,5-7H2,1-4H3,(H,22,24). The third kappa shape index (κ3) is 4.75. The molecule has 1 amide bonds. The van der Waals surface area contributed by atoms with Gasteiger partial charge in [0.2, 0.25) is 0 Å². The third-order valence-electron chi connectivity index (χ3n) is 4.08. The van der Waals surface area contributed by atoms with Crippen molar-refractivity contribution >= 4 is 33.2 Å². The third-order valence-corrected chi connectivity index (χ3v) is 4.70. The lowest BCUT2D eigenvalue weighted by molar-refractivity contribution is 0.102. The Bertz CT molecular complexity index is 742. The number of amides is 1. The van der Waals surface area contributed by atoms with Gasteiger partial charge in [-0.15, -0.1) is 0 Å². The number of rotatable bonds is 7. The van der Waals surface area contributed by atoms with Crippen LogP contribution in [-0.4, -0.2) is 25.6 Å². The summed E-state index contributed by atoms with van der Waals surface area (Å²) >= 11 is 3.45. The van der Waals surface area contributed by atoms with Crippen molar-refractivity contribution in [2.75, 3.05) is 29.9 Å². The van der Waals surface area contributed by atoms with E-state index in [2.05, 4.69) is 46.1 Å². The van der Waals surface area contributed by atoms with E-state index in [-0.39, 0.29) is 5.91 Å². The molecule has 134 valence electrons. The van der Waals surface area contributed by atoms with Gasteiger partial charge in [-0.1, -0.05) is 0 Å². The first-order valence-corrected chi connectivity index (χ1v) is 9.38. The summed E-state index contributed by atoms with van der Waals surface area (Å²) < 4.78 is 6.26. The molecule has 0 saturated heterocycles. The van der Waals surface area contributed by atoms with E-state index in [1.165, 1.54) is 5.69 Å². The largest absolute Gasteiger partial charge is 0.493 e. The maximum absolute atomic E-state index is 12.5. The molecule has 0 saturated carbocycles. The molecular weight excluding hydrogens is 380 g/mol. The Kier molecular flexibility index (Phi) is 6.88. The normalized spacial score (nSPS) is 10.4. The molecular formula is C20H25BrN2O2. The summed E-state index contributed by atoms with van der Waals surface area (Å²) in [5.41, 5.74) is 3.63. The molecule has 0 aliphatic carbocycles. The van der Waals surface area contributed by atoms with Gasteiger partial charge in [-0.05, 0) is 85.6 Å². The molecule has 0 spiro atoms. The lowest BCUT2D eigenvalue weighted by Crippen LogP contribution is -2.22. The minimum Gasteiger partial charge on any atom is -0.493 e. The minimum absolute atomic E-state index is 0.137. The Morgan fingerprint density at radius 2 is 1.84 bits per heavy atom. The molecule has 0 aliphatic heterocycles. The number of halogens is 1. The average Bonchev–Trinajstić information content (AvgIpc) is 2.60. The van der Waals surface area contributed by atoms with Crippen LogP contribution in [0.1, 0.15) is 36.7 Å². The van der Waals surface area contributed by atoms with Crippen molar-refractivity contribution in [3.63, 3.8) is 0 Å². The van der Waals surface area contributed by atoms with Crippen molar-refractivity contribution in [3.05, 3.63) is 52.0 Å². The number of hydrogen-bond acceptors (Lipinski definition) is 3. The molecule has 2 rings (SSSR count). The van der Waals surface area contributed by atoms with Gasteiger partial charge < -0.3 is 15.0 Å². The van der Waals surface area contributed by atoms with Gasteiger partial charge in [-0.2, -0.15) is 0 Å². The number of ether oxygens (including phenoxy) is 1. The van der Waals surface area contributed by atoms with Crippen molar-refractivity contribution < 1.29 is 9.53 Å². The number of aryl methyl sites for hydroxylation is 1. The molecule has 2 aromatic rings. The number of nitrogens with zero attached hydrogens (tertiary/aromatic N) is 1. The molecule has 0 fully saturated rings. The van der Waals surface area contributed by atoms with Gasteiger partial charge in [0.15, 0.2) is 0 Å². The summed E-state index contributed by atoms with van der Waals surface area (Å²) in [6.45, 7) is 10.7. The highest BCUT2D eigenvalue weighted by Crippen LogP contribution is 2.27. The van der Waals surface area contributed by atoms with Crippen molar-refractivity contribution in [2.24, 2.45) is 0 Å². The summed E-state index contributed by atoms with van der Waals surface area (Å²) in [6, 6.07) is 11.5. The van der Waals surface area contributed by atoms with Crippen LogP contribution in [-0.2, 0) is 0 Å². The van der Waals surface area contributed by atoms with Crippen molar-refractivity contribution in [3.8, 4) is 5.75 Å². The maximum atomic E-state index is 12.5. The number of carbonyl (C=O) groups excluding carboxylic acids is 1. The van der Waals surface area contributed by atoms with E-state index in [9.17, 15) is 4.79 Å². The Hall–Kier alpha value is -2.01. The van der Waals surface area contributed by atoms with Gasteiger partial charge in [0.1, 0.15) is 5.75 Å². The summed E-state index contributed by atoms with van der Waals surface area (Å²) in [6.07, 6.45) is 0. The Labute approximate surface area is 158 Å². The first-order valence-electron chi connectivity index (χ1n) is 8.59. The fourth-order valence-electron chi connectivity index (χ4n) is 2.68. The molecule has 4 nitrogen and oxygen atoms in total. The van der Waals surface area contributed by atoms with E-state index >= 15 is 0 Å². The first-order chi connectivity index (χ1) is 12.0. The van der Waals surface area contributed by atoms with Crippen LogP contribution in [0.3, 0.4) is 0 Å². The second-order valence-corrected chi connectivity index (χ2v) is 6.56. The van der Waals surface area contributed by atoms with Crippen LogP contribution in [0.5, 0.6) is 5.75 Å². The van der Waals surface area contributed by atoms with Crippen LogP contribution in [0.15, 0.2) is 40.9 Å². The molecule has 2 aromatic carbocycles. The zero-order valence-corrected chi connectivity index (χ0v) is 16.8. The van der Waals surface area contributed by atoms with E-state index in [4.69, 9.17) is 4.74 Å². The van der Waals surface area contributed by atoms with Gasteiger partial charge in [0.25, 0.3) is 5.91 Å². The number of nitrogens with one attached hydrogen (secondary N) is 1. The molecule has 0 unspecified atom stereocenters. The maximum Gasteiger partial charge on any atom is 0.255 e. The molecule has 0 radical (unpaired) electrons. The van der Waals surface area contributed by atoms with Gasteiger partial charge in [0, 0.05) is 30.0 Å². The van der Waals surface area contributed by atoms with Crippen LogP contribution in [0, 0.1) is 6.92 Å². The quantitative estimate of drug-likeness (QED) is 0.684. The second-order valence-electron chi connectivity index (χ2n) is 5.70. The van der Waals surface area contributed by atoms with Gasteiger partial charge in [-0.25, -0.2) is 0 Å². The molecule has 1 N–H and O–H groups in total. The van der Waals surface area contributed by atoms with Crippen LogP contribution < -0.4 is 15.0 Å². The number of hydrogen-bond donors (Lipinski definition) is 1. The Morgan fingerprint density at radius 3 is 2.40 bits per heavy atom. The fraction of sp³-hybridized carbons (Fsp3) is 0.350. The molecule has 0 bridgehead atoms. The van der Waals surface area contributed by atoms with Gasteiger partial charge >= 0.3 is 0 Å². The van der Waals surface area contributed by atoms with E-state index < -0.39 is 0 Å².